The summed E-state index contributed by atoms with van der Waals surface area (Å²) in [5.41, 5.74) is 8.44. The van der Waals surface area contributed by atoms with Crippen LogP contribution < -0.4 is 0 Å². The Hall–Kier alpha value is -1.83. The number of aryl methyl sites for hydroxylation is 1. The number of benzene rings is 2. The van der Waals surface area contributed by atoms with Gasteiger partial charge in [-0.1, -0.05) is 77.8 Å². The molecule has 0 spiro atoms. The summed E-state index contributed by atoms with van der Waals surface area (Å²) in [6.07, 6.45) is 9.84. The van der Waals surface area contributed by atoms with E-state index in [-0.39, 0.29) is 0 Å². The molecule has 6 rings (SSSR count). The van der Waals surface area contributed by atoms with E-state index in [4.69, 9.17) is 0 Å². The molecule has 1 aliphatic carbocycles. The van der Waals surface area contributed by atoms with Gasteiger partial charge in [0.2, 0.25) is 0 Å². The van der Waals surface area contributed by atoms with Crippen LogP contribution in [0.1, 0.15) is 68.2 Å². The first-order valence-electron chi connectivity index (χ1n) is 13.4. The van der Waals surface area contributed by atoms with E-state index in [1.165, 1.54) is 78.8 Å². The lowest BCUT2D eigenvalue weighted by molar-refractivity contribution is 0.183. The molecule has 35 heavy (non-hydrogen) atoms. The number of tetrazole rings is 1. The third-order valence-electron chi connectivity index (χ3n) is 7.88. The van der Waals surface area contributed by atoms with Gasteiger partial charge in [0, 0.05) is 35.7 Å². The fourth-order valence-corrected chi connectivity index (χ4v) is 9.26. The SMILES string of the molecule is CCCN1CCc2cccc3c2C1Cc1cccc(-c2nnnn2CCCCCC2CCSS2)c1-3. The molecule has 0 amide bonds. The number of rotatable bonds is 9. The minimum atomic E-state index is 0.491. The normalized spacial score (nSPS) is 21.2. The zero-order valence-corrected chi connectivity index (χ0v) is 22.3. The molecular weight excluding hydrogens is 470 g/mol. The number of hydrogen-bond donors (Lipinski definition) is 0. The van der Waals surface area contributed by atoms with Crippen molar-refractivity contribution in [2.24, 2.45) is 0 Å². The molecule has 0 N–H and O–H groups in total. The van der Waals surface area contributed by atoms with Crippen molar-refractivity contribution in [1.29, 1.82) is 0 Å². The lowest BCUT2D eigenvalue weighted by Gasteiger charge is -2.42. The van der Waals surface area contributed by atoms with Crippen LogP contribution >= 0.6 is 21.6 Å². The summed E-state index contributed by atoms with van der Waals surface area (Å²) in [6, 6.07) is 14.2. The molecule has 3 aliphatic rings. The van der Waals surface area contributed by atoms with Crippen LogP contribution in [0.15, 0.2) is 36.4 Å². The largest absolute Gasteiger partial charge is 0.296 e. The average Bonchev–Trinajstić information content (AvgIpc) is 3.57. The van der Waals surface area contributed by atoms with Gasteiger partial charge in [0.05, 0.1) is 0 Å². The highest BCUT2D eigenvalue weighted by molar-refractivity contribution is 8.77. The van der Waals surface area contributed by atoms with Gasteiger partial charge in [0.15, 0.2) is 5.82 Å². The molecule has 3 aromatic rings. The van der Waals surface area contributed by atoms with Crippen molar-refractivity contribution in [3.63, 3.8) is 0 Å². The third-order valence-corrected chi connectivity index (χ3v) is 10.9. The average molecular weight is 506 g/mol. The molecule has 184 valence electrons. The lowest BCUT2D eigenvalue weighted by atomic mass is 9.75. The van der Waals surface area contributed by atoms with Gasteiger partial charge in [-0.2, -0.15) is 0 Å². The Kier molecular flexibility index (Phi) is 7.17. The summed E-state index contributed by atoms with van der Waals surface area (Å²) in [5.74, 6) is 2.24. The van der Waals surface area contributed by atoms with Gasteiger partial charge < -0.3 is 0 Å². The minimum absolute atomic E-state index is 0.491. The van der Waals surface area contributed by atoms with E-state index in [0.29, 0.717) is 6.04 Å². The van der Waals surface area contributed by atoms with E-state index >= 15 is 0 Å². The van der Waals surface area contributed by atoms with Crippen molar-refractivity contribution < 1.29 is 0 Å². The Balaban J connectivity index is 1.26. The molecular formula is C28H35N5S2. The van der Waals surface area contributed by atoms with E-state index < -0.39 is 0 Å². The predicted molar refractivity (Wildman–Crippen MR) is 148 cm³/mol. The topological polar surface area (TPSA) is 46.8 Å². The molecule has 7 heteroatoms. The van der Waals surface area contributed by atoms with E-state index in [1.54, 1.807) is 5.56 Å². The first-order valence-corrected chi connectivity index (χ1v) is 15.7. The molecule has 0 radical (unpaired) electrons. The van der Waals surface area contributed by atoms with Gasteiger partial charge in [-0.05, 0) is 83.3 Å². The first kappa shape index (κ1) is 23.6. The number of fused-ring (bicyclic) bond motifs is 2. The Bertz CT molecular complexity index is 1170. The molecule has 2 atom stereocenters. The molecule has 1 aromatic heterocycles. The van der Waals surface area contributed by atoms with Crippen LogP contribution in [-0.4, -0.2) is 49.2 Å². The molecule has 1 saturated heterocycles. The maximum absolute atomic E-state index is 4.53. The third kappa shape index (κ3) is 4.67. The number of hydrogen-bond acceptors (Lipinski definition) is 6. The fraction of sp³-hybridized carbons (Fsp3) is 0.536. The Morgan fingerprint density at radius 2 is 1.89 bits per heavy atom. The van der Waals surface area contributed by atoms with Crippen molar-refractivity contribution in [3.05, 3.63) is 53.1 Å². The van der Waals surface area contributed by atoms with Crippen LogP contribution in [0.2, 0.25) is 0 Å². The smallest absolute Gasteiger partial charge is 0.182 e. The standard InChI is InChI=1S/C28H35N5S2/c1-2-15-32-17-13-20-8-6-11-23-26-21(19-25(32)27(20)23)9-7-12-24(26)28-29-30-31-33(28)16-5-3-4-10-22-14-18-34-35-22/h6-9,11-12,22,25H,2-5,10,13-19H2,1H3. The van der Waals surface area contributed by atoms with Gasteiger partial charge in [-0.15, -0.1) is 5.10 Å². The number of nitrogens with zero attached hydrogens (tertiary/aromatic N) is 5. The molecule has 5 nitrogen and oxygen atoms in total. The molecule has 2 aromatic carbocycles. The fourth-order valence-electron chi connectivity index (χ4n) is 6.24. The maximum Gasteiger partial charge on any atom is 0.182 e. The predicted octanol–water partition coefficient (Wildman–Crippen LogP) is 6.59. The second-order valence-corrected chi connectivity index (χ2v) is 12.9. The maximum atomic E-state index is 4.53. The number of aromatic nitrogens is 4. The molecule has 3 heterocycles. The highest BCUT2D eigenvalue weighted by Gasteiger charge is 2.35. The summed E-state index contributed by atoms with van der Waals surface area (Å²) in [6.45, 7) is 5.52. The Morgan fingerprint density at radius 1 is 1.00 bits per heavy atom. The molecule has 2 aliphatic heterocycles. The van der Waals surface area contributed by atoms with Gasteiger partial charge in [-0.25, -0.2) is 4.68 Å². The highest BCUT2D eigenvalue weighted by Crippen LogP contribution is 2.48. The van der Waals surface area contributed by atoms with Crippen molar-refractivity contribution >= 4 is 21.6 Å². The molecule has 2 unspecified atom stereocenters. The van der Waals surface area contributed by atoms with Crippen molar-refractivity contribution in [2.75, 3.05) is 18.8 Å². The van der Waals surface area contributed by atoms with Crippen molar-refractivity contribution in [3.8, 4) is 22.5 Å². The summed E-state index contributed by atoms with van der Waals surface area (Å²) >= 11 is 0. The zero-order chi connectivity index (χ0) is 23.6. The Morgan fingerprint density at radius 3 is 2.74 bits per heavy atom. The van der Waals surface area contributed by atoms with Gasteiger partial charge in [0.25, 0.3) is 0 Å². The number of unbranched alkanes of at least 4 members (excludes halogenated alkanes) is 2. The molecule has 0 saturated carbocycles. The van der Waals surface area contributed by atoms with E-state index in [1.807, 2.05) is 15.5 Å². The monoisotopic (exact) mass is 505 g/mol. The summed E-state index contributed by atoms with van der Waals surface area (Å²) in [4.78, 5) is 2.70. The van der Waals surface area contributed by atoms with Crippen LogP contribution in [0.3, 0.4) is 0 Å². The van der Waals surface area contributed by atoms with Crippen molar-refractivity contribution in [1.82, 2.24) is 25.1 Å². The second-order valence-electron chi connectivity index (χ2n) is 10.1. The summed E-state index contributed by atoms with van der Waals surface area (Å²) in [5, 5.41) is 13.9. The van der Waals surface area contributed by atoms with Gasteiger partial charge in [-0.3, -0.25) is 4.90 Å². The van der Waals surface area contributed by atoms with Crippen LogP contribution in [0, 0.1) is 0 Å². The van der Waals surface area contributed by atoms with Crippen LogP contribution in [0.25, 0.3) is 22.5 Å². The minimum Gasteiger partial charge on any atom is -0.296 e. The van der Waals surface area contributed by atoms with Crippen molar-refractivity contribution in [2.45, 2.75) is 76.1 Å². The van der Waals surface area contributed by atoms with Gasteiger partial charge in [0.1, 0.15) is 0 Å². The van der Waals surface area contributed by atoms with E-state index in [0.717, 1.165) is 36.9 Å². The van der Waals surface area contributed by atoms with Gasteiger partial charge >= 0.3 is 0 Å². The van der Waals surface area contributed by atoms with E-state index in [2.05, 4.69) is 74.5 Å². The Labute approximate surface area is 216 Å². The highest BCUT2D eigenvalue weighted by atomic mass is 33.1. The molecule has 0 bridgehead atoms. The molecule has 1 fully saturated rings. The summed E-state index contributed by atoms with van der Waals surface area (Å²) in [7, 11) is 4.13. The van der Waals surface area contributed by atoms with Crippen LogP contribution in [0.5, 0.6) is 0 Å². The lowest BCUT2D eigenvalue weighted by Crippen LogP contribution is -2.38. The van der Waals surface area contributed by atoms with E-state index in [9.17, 15) is 0 Å². The summed E-state index contributed by atoms with van der Waals surface area (Å²) < 4.78 is 2.04. The quantitative estimate of drug-likeness (QED) is 0.242. The second kappa shape index (κ2) is 10.7. The zero-order valence-electron chi connectivity index (χ0n) is 20.7. The first-order chi connectivity index (χ1) is 17.3. The van der Waals surface area contributed by atoms with Crippen LogP contribution in [0.4, 0.5) is 0 Å². The van der Waals surface area contributed by atoms with Crippen LogP contribution in [-0.2, 0) is 19.4 Å².